The average molecular weight is 527 g/mol. The van der Waals surface area contributed by atoms with Crippen LogP contribution in [0.2, 0.25) is 15.2 Å². The molecule has 0 N–H and O–H groups in total. The smallest absolute Gasteiger partial charge is 0.271 e. The van der Waals surface area contributed by atoms with E-state index in [2.05, 4.69) is 9.98 Å². The number of aliphatic imine (C=N–C) groups is 1. The summed E-state index contributed by atoms with van der Waals surface area (Å²) in [5.41, 5.74) is 1.95. The number of benzene rings is 2. The third-order valence-electron chi connectivity index (χ3n) is 4.88. The maximum Gasteiger partial charge on any atom is 0.271 e. The van der Waals surface area contributed by atoms with E-state index in [9.17, 15) is 4.79 Å². The molecule has 5 nitrogen and oxygen atoms in total. The van der Waals surface area contributed by atoms with Gasteiger partial charge in [-0.3, -0.25) is 9.69 Å². The molecule has 34 heavy (non-hydrogen) atoms. The minimum absolute atomic E-state index is 0.220. The third kappa shape index (κ3) is 4.63. The zero-order chi connectivity index (χ0) is 23.7. The van der Waals surface area contributed by atoms with Gasteiger partial charge in [-0.15, -0.1) is 0 Å². The van der Waals surface area contributed by atoms with E-state index in [0.717, 1.165) is 5.56 Å². The van der Waals surface area contributed by atoms with E-state index in [4.69, 9.17) is 39.2 Å². The molecule has 5 rings (SSSR count). The standard InChI is InChI=1S/C25H14Cl3N3O2S/c26-18-10-8-15(13-19(18)27)21-11-9-17(33-21)14-22-24(32)31(16-5-2-1-3-6-16)25(34-22)30-20-7-4-12-29-23(20)28/h1-14H/b22-14+,30-25?. The molecule has 1 amide bonds. The van der Waals surface area contributed by atoms with Gasteiger partial charge in [0.2, 0.25) is 0 Å². The summed E-state index contributed by atoms with van der Waals surface area (Å²) in [6, 6.07) is 21.6. The highest BCUT2D eigenvalue weighted by Gasteiger charge is 2.35. The van der Waals surface area contributed by atoms with Crippen molar-refractivity contribution >= 4 is 75.1 Å². The number of amides is 1. The molecule has 0 radical (unpaired) electrons. The zero-order valence-electron chi connectivity index (χ0n) is 17.3. The quantitative estimate of drug-likeness (QED) is 0.199. The molecular weight excluding hydrogens is 513 g/mol. The molecule has 9 heteroatoms. The number of halogens is 3. The molecule has 0 saturated carbocycles. The van der Waals surface area contributed by atoms with Gasteiger partial charge in [0.05, 0.1) is 20.6 Å². The van der Waals surface area contributed by atoms with Crippen molar-refractivity contribution in [3.8, 4) is 11.3 Å². The number of anilines is 1. The highest BCUT2D eigenvalue weighted by Crippen LogP contribution is 2.38. The second kappa shape index (κ2) is 9.68. The first-order valence-electron chi connectivity index (χ1n) is 10.0. The van der Waals surface area contributed by atoms with E-state index in [1.165, 1.54) is 11.8 Å². The topological polar surface area (TPSA) is 58.7 Å². The Balaban J connectivity index is 1.51. The second-order valence-corrected chi connectivity index (χ2v) is 9.31. The molecule has 1 aliphatic heterocycles. The zero-order valence-corrected chi connectivity index (χ0v) is 20.4. The van der Waals surface area contributed by atoms with Gasteiger partial charge in [-0.05, 0) is 66.4 Å². The fourth-order valence-corrected chi connectivity index (χ4v) is 4.72. The van der Waals surface area contributed by atoms with Gasteiger partial charge in [0.25, 0.3) is 5.91 Å². The molecule has 0 aliphatic carbocycles. The van der Waals surface area contributed by atoms with Crippen molar-refractivity contribution < 1.29 is 9.21 Å². The first kappa shape index (κ1) is 22.7. The lowest BCUT2D eigenvalue weighted by atomic mass is 10.2. The summed E-state index contributed by atoms with van der Waals surface area (Å²) in [5, 5.41) is 1.62. The minimum Gasteiger partial charge on any atom is -0.457 e. The molecule has 3 heterocycles. The Kier molecular flexibility index (Phi) is 6.48. The van der Waals surface area contributed by atoms with Gasteiger partial charge >= 0.3 is 0 Å². The number of furan rings is 1. The van der Waals surface area contributed by atoms with Crippen LogP contribution in [0, 0.1) is 0 Å². The Morgan fingerprint density at radius 2 is 1.76 bits per heavy atom. The number of thioether (sulfide) groups is 1. The molecule has 1 fully saturated rings. The molecule has 0 unspecified atom stereocenters. The Labute approximate surface area is 214 Å². The molecular formula is C25H14Cl3N3O2S. The van der Waals surface area contributed by atoms with E-state index in [1.54, 1.807) is 47.5 Å². The van der Waals surface area contributed by atoms with E-state index < -0.39 is 0 Å². The van der Waals surface area contributed by atoms with Crippen molar-refractivity contribution in [2.24, 2.45) is 4.99 Å². The lowest BCUT2D eigenvalue weighted by Crippen LogP contribution is -2.28. The van der Waals surface area contributed by atoms with Gasteiger partial charge in [-0.2, -0.15) is 0 Å². The second-order valence-electron chi connectivity index (χ2n) is 7.13. The first-order chi connectivity index (χ1) is 16.5. The number of rotatable bonds is 4. The third-order valence-corrected chi connectivity index (χ3v) is 6.88. The predicted octanol–water partition coefficient (Wildman–Crippen LogP) is 8.11. The van der Waals surface area contributed by atoms with Gasteiger partial charge in [-0.1, -0.05) is 53.0 Å². The Bertz CT molecular complexity index is 1450. The molecule has 0 bridgehead atoms. The number of para-hydroxylation sites is 1. The monoisotopic (exact) mass is 525 g/mol. The van der Waals surface area contributed by atoms with E-state index in [-0.39, 0.29) is 11.1 Å². The molecule has 4 aromatic rings. The van der Waals surface area contributed by atoms with Gasteiger partial charge < -0.3 is 4.42 Å². The summed E-state index contributed by atoms with van der Waals surface area (Å²) < 4.78 is 5.96. The lowest BCUT2D eigenvalue weighted by molar-refractivity contribution is -0.113. The molecule has 168 valence electrons. The van der Waals surface area contributed by atoms with Gasteiger partial charge in [0, 0.05) is 17.8 Å². The van der Waals surface area contributed by atoms with Crippen LogP contribution in [0.15, 0.2) is 93.3 Å². The van der Waals surface area contributed by atoms with Crippen LogP contribution in [-0.2, 0) is 4.79 Å². The summed E-state index contributed by atoms with van der Waals surface area (Å²) in [6.07, 6.45) is 3.28. The molecule has 2 aromatic heterocycles. The van der Waals surface area contributed by atoms with Crippen LogP contribution in [0.5, 0.6) is 0 Å². The SMILES string of the molecule is O=C1/C(=C\c2ccc(-c3ccc(Cl)c(Cl)c3)o2)SC(=Nc2cccnc2Cl)N1c1ccccc1. The number of hydrogen-bond donors (Lipinski definition) is 0. The largest absolute Gasteiger partial charge is 0.457 e. The molecule has 0 spiro atoms. The summed E-state index contributed by atoms with van der Waals surface area (Å²) >= 11 is 19.6. The van der Waals surface area contributed by atoms with Gasteiger partial charge in [-0.25, -0.2) is 9.98 Å². The number of carbonyl (C=O) groups excluding carboxylic acids is 1. The fourth-order valence-electron chi connectivity index (χ4n) is 3.28. The minimum atomic E-state index is -0.220. The maximum absolute atomic E-state index is 13.4. The Morgan fingerprint density at radius 1 is 0.941 bits per heavy atom. The van der Waals surface area contributed by atoms with Crippen molar-refractivity contribution in [2.45, 2.75) is 0 Å². The number of nitrogens with zero attached hydrogens (tertiary/aromatic N) is 3. The average Bonchev–Trinajstić information content (AvgIpc) is 3.42. The molecule has 2 aromatic carbocycles. The summed E-state index contributed by atoms with van der Waals surface area (Å²) in [4.78, 5) is 24.1. The summed E-state index contributed by atoms with van der Waals surface area (Å²) in [7, 11) is 0. The molecule has 1 saturated heterocycles. The fraction of sp³-hybridized carbons (Fsp3) is 0. The van der Waals surface area contributed by atoms with Crippen LogP contribution in [0.3, 0.4) is 0 Å². The highest BCUT2D eigenvalue weighted by molar-refractivity contribution is 8.19. The normalized spacial score (nSPS) is 16.1. The van der Waals surface area contributed by atoms with Crippen molar-refractivity contribution in [3.63, 3.8) is 0 Å². The summed E-state index contributed by atoms with van der Waals surface area (Å²) in [5.74, 6) is 0.907. The van der Waals surface area contributed by atoms with Gasteiger partial charge in [0.15, 0.2) is 10.3 Å². The van der Waals surface area contributed by atoms with Crippen LogP contribution < -0.4 is 4.90 Å². The number of amidine groups is 1. The molecule has 1 aliphatic rings. The van der Waals surface area contributed by atoms with Crippen molar-refractivity contribution in [3.05, 3.63) is 105 Å². The van der Waals surface area contributed by atoms with Gasteiger partial charge in [0.1, 0.15) is 17.2 Å². The van der Waals surface area contributed by atoms with Crippen LogP contribution >= 0.6 is 46.6 Å². The predicted molar refractivity (Wildman–Crippen MR) is 140 cm³/mol. The first-order valence-corrected chi connectivity index (χ1v) is 12.0. The summed E-state index contributed by atoms with van der Waals surface area (Å²) in [6.45, 7) is 0. The van der Waals surface area contributed by atoms with Crippen LogP contribution in [0.4, 0.5) is 11.4 Å². The lowest BCUT2D eigenvalue weighted by Gasteiger charge is -2.15. The van der Waals surface area contributed by atoms with Crippen molar-refractivity contribution in [1.82, 2.24) is 4.98 Å². The molecule has 0 atom stereocenters. The Morgan fingerprint density at radius 3 is 2.53 bits per heavy atom. The number of pyridine rings is 1. The Hall–Kier alpha value is -3.03. The highest BCUT2D eigenvalue weighted by atomic mass is 35.5. The van der Waals surface area contributed by atoms with Crippen LogP contribution in [-0.4, -0.2) is 16.1 Å². The van der Waals surface area contributed by atoms with E-state index in [0.29, 0.717) is 43.0 Å². The van der Waals surface area contributed by atoms with Crippen molar-refractivity contribution in [1.29, 1.82) is 0 Å². The van der Waals surface area contributed by atoms with Crippen LogP contribution in [0.25, 0.3) is 17.4 Å². The maximum atomic E-state index is 13.4. The van der Waals surface area contributed by atoms with E-state index >= 15 is 0 Å². The number of hydrogen-bond acceptors (Lipinski definition) is 5. The van der Waals surface area contributed by atoms with E-state index in [1.807, 2.05) is 42.5 Å². The number of aromatic nitrogens is 1. The van der Waals surface area contributed by atoms with Crippen LogP contribution in [0.1, 0.15) is 5.76 Å². The van der Waals surface area contributed by atoms with Crippen molar-refractivity contribution in [2.75, 3.05) is 4.90 Å². The number of carbonyl (C=O) groups is 1.